The Labute approximate surface area is 175 Å². The van der Waals surface area contributed by atoms with Crippen molar-refractivity contribution in [3.8, 4) is 0 Å². The van der Waals surface area contributed by atoms with Crippen LogP contribution in [0.5, 0.6) is 0 Å². The van der Waals surface area contributed by atoms with Crippen molar-refractivity contribution < 1.29 is 13.7 Å². The number of amides is 1. The summed E-state index contributed by atoms with van der Waals surface area (Å²) in [4.78, 5) is 26.0. The van der Waals surface area contributed by atoms with Crippen LogP contribution in [0, 0.1) is 20.8 Å². The largest absolute Gasteiger partial charge is 0.456 e. The number of nitrogens with zero attached hydrogens (tertiary/aromatic N) is 5. The third-order valence-electron chi connectivity index (χ3n) is 5.50. The fourth-order valence-electron chi connectivity index (χ4n) is 3.74. The molecule has 1 saturated heterocycles. The van der Waals surface area contributed by atoms with Gasteiger partial charge in [0.25, 0.3) is 5.91 Å². The van der Waals surface area contributed by atoms with E-state index >= 15 is 0 Å². The highest BCUT2D eigenvalue weighted by molar-refractivity contribution is 5.91. The molecule has 30 heavy (non-hydrogen) atoms. The lowest BCUT2D eigenvalue weighted by atomic mass is 10.1. The molecule has 4 rings (SSSR count). The minimum atomic E-state index is -0.0761. The van der Waals surface area contributed by atoms with E-state index in [4.69, 9.17) is 8.94 Å². The maximum absolute atomic E-state index is 12.9. The van der Waals surface area contributed by atoms with E-state index in [1.54, 1.807) is 6.07 Å². The molecule has 0 atom stereocenters. The quantitative estimate of drug-likeness (QED) is 0.640. The zero-order valence-electron chi connectivity index (χ0n) is 17.9. The lowest BCUT2D eigenvalue weighted by Gasteiger charge is -2.35. The van der Waals surface area contributed by atoms with E-state index in [9.17, 15) is 4.79 Å². The molecule has 3 aromatic rings. The van der Waals surface area contributed by atoms with Crippen LogP contribution in [0.3, 0.4) is 0 Å². The first kappa shape index (κ1) is 20.1. The van der Waals surface area contributed by atoms with Crippen LogP contribution in [-0.2, 0) is 12.8 Å². The summed E-state index contributed by atoms with van der Waals surface area (Å²) in [5.41, 5.74) is 2.82. The van der Waals surface area contributed by atoms with Gasteiger partial charge < -0.3 is 18.7 Å². The molecule has 158 valence electrons. The molecule has 0 radical (unpaired) electrons. The van der Waals surface area contributed by atoms with Crippen LogP contribution in [0.15, 0.2) is 27.1 Å². The summed E-state index contributed by atoms with van der Waals surface area (Å²) < 4.78 is 11.0. The van der Waals surface area contributed by atoms with Crippen LogP contribution in [0.25, 0.3) is 0 Å². The highest BCUT2D eigenvalue weighted by Crippen LogP contribution is 2.21. The van der Waals surface area contributed by atoms with Gasteiger partial charge in [-0.1, -0.05) is 12.1 Å². The highest BCUT2D eigenvalue weighted by atomic mass is 16.5. The number of aryl methyl sites for hydroxylation is 4. The minimum Gasteiger partial charge on any atom is -0.456 e. The Morgan fingerprint density at radius 2 is 1.87 bits per heavy atom. The highest BCUT2D eigenvalue weighted by Gasteiger charge is 2.25. The molecule has 0 aliphatic carbocycles. The van der Waals surface area contributed by atoms with Crippen molar-refractivity contribution in [1.29, 1.82) is 0 Å². The van der Waals surface area contributed by atoms with Crippen molar-refractivity contribution in [3.05, 3.63) is 58.3 Å². The van der Waals surface area contributed by atoms with Gasteiger partial charge in [0.1, 0.15) is 23.2 Å². The molecule has 8 heteroatoms. The first-order chi connectivity index (χ1) is 14.4. The molecule has 0 bridgehead atoms. The van der Waals surface area contributed by atoms with E-state index in [1.165, 1.54) is 0 Å². The Morgan fingerprint density at radius 3 is 2.53 bits per heavy atom. The maximum Gasteiger partial charge on any atom is 0.289 e. The van der Waals surface area contributed by atoms with Crippen LogP contribution >= 0.6 is 0 Å². The predicted molar refractivity (Wildman–Crippen MR) is 112 cm³/mol. The van der Waals surface area contributed by atoms with Gasteiger partial charge in [-0.05, 0) is 32.9 Å². The van der Waals surface area contributed by atoms with Gasteiger partial charge in [-0.2, -0.15) is 0 Å². The summed E-state index contributed by atoms with van der Waals surface area (Å²) in [7, 11) is 0. The zero-order chi connectivity index (χ0) is 21.3. The number of carbonyl (C=O) groups excluding carboxylic acids is 1. The number of aromatic nitrogens is 3. The minimum absolute atomic E-state index is 0.0761. The number of rotatable bonds is 5. The SMILES string of the molecule is CCc1nc(C)cc(N2CCN(C(=O)c3ccc(Cc4c(C)noc4C)o3)CC2)n1. The van der Waals surface area contributed by atoms with E-state index in [1.807, 2.05) is 37.8 Å². The topological polar surface area (TPSA) is 88.5 Å². The summed E-state index contributed by atoms with van der Waals surface area (Å²) in [6.45, 7) is 10.6. The fraction of sp³-hybridized carbons (Fsp3) is 0.455. The average molecular weight is 409 g/mol. The second kappa shape index (κ2) is 8.30. The summed E-state index contributed by atoms with van der Waals surface area (Å²) in [5.74, 6) is 3.59. The van der Waals surface area contributed by atoms with Crippen molar-refractivity contribution in [2.24, 2.45) is 0 Å². The predicted octanol–water partition coefficient (Wildman–Crippen LogP) is 3.10. The summed E-state index contributed by atoms with van der Waals surface area (Å²) in [6, 6.07) is 5.61. The molecule has 0 spiro atoms. The van der Waals surface area contributed by atoms with Crippen LogP contribution in [-0.4, -0.2) is 52.1 Å². The number of hydrogen-bond donors (Lipinski definition) is 0. The third-order valence-corrected chi connectivity index (χ3v) is 5.50. The van der Waals surface area contributed by atoms with Gasteiger partial charge >= 0.3 is 0 Å². The van der Waals surface area contributed by atoms with Crippen molar-refractivity contribution in [1.82, 2.24) is 20.0 Å². The smallest absolute Gasteiger partial charge is 0.289 e. The molecule has 1 amide bonds. The molecule has 1 aliphatic rings. The molecule has 4 heterocycles. The van der Waals surface area contributed by atoms with Crippen molar-refractivity contribution >= 4 is 11.7 Å². The Balaban J connectivity index is 1.39. The average Bonchev–Trinajstić information content (AvgIpc) is 3.35. The third kappa shape index (κ3) is 4.08. The molecule has 1 aliphatic heterocycles. The second-order valence-electron chi connectivity index (χ2n) is 7.66. The summed E-state index contributed by atoms with van der Waals surface area (Å²) in [5, 5.41) is 3.97. The number of carbonyl (C=O) groups is 1. The molecule has 0 N–H and O–H groups in total. The van der Waals surface area contributed by atoms with Gasteiger partial charge in [-0.3, -0.25) is 4.79 Å². The van der Waals surface area contributed by atoms with E-state index < -0.39 is 0 Å². The Kier molecular flexibility index (Phi) is 5.57. The Morgan fingerprint density at radius 1 is 1.10 bits per heavy atom. The number of furan rings is 1. The first-order valence-corrected chi connectivity index (χ1v) is 10.3. The number of piperazine rings is 1. The first-order valence-electron chi connectivity index (χ1n) is 10.3. The van der Waals surface area contributed by atoms with Gasteiger partial charge in [0, 0.05) is 56.3 Å². The number of anilines is 1. The molecular formula is C22H27N5O3. The van der Waals surface area contributed by atoms with Gasteiger partial charge in [0.05, 0.1) is 5.69 Å². The molecule has 0 aromatic carbocycles. The normalized spacial score (nSPS) is 14.4. The Hall–Kier alpha value is -3.16. The van der Waals surface area contributed by atoms with Crippen LogP contribution < -0.4 is 4.90 Å². The lowest BCUT2D eigenvalue weighted by molar-refractivity contribution is 0.0712. The van der Waals surface area contributed by atoms with Crippen LogP contribution in [0.4, 0.5) is 5.82 Å². The van der Waals surface area contributed by atoms with Gasteiger partial charge in [-0.25, -0.2) is 9.97 Å². The lowest BCUT2D eigenvalue weighted by Crippen LogP contribution is -2.49. The molecule has 3 aromatic heterocycles. The zero-order valence-corrected chi connectivity index (χ0v) is 17.9. The summed E-state index contributed by atoms with van der Waals surface area (Å²) in [6.07, 6.45) is 1.37. The molecule has 8 nitrogen and oxygen atoms in total. The van der Waals surface area contributed by atoms with Crippen LogP contribution in [0.1, 0.15) is 51.8 Å². The maximum atomic E-state index is 12.9. The van der Waals surface area contributed by atoms with Gasteiger partial charge in [0.15, 0.2) is 5.76 Å². The molecule has 0 saturated carbocycles. The van der Waals surface area contributed by atoms with Crippen molar-refractivity contribution in [2.75, 3.05) is 31.1 Å². The van der Waals surface area contributed by atoms with E-state index in [2.05, 4.69) is 26.9 Å². The van der Waals surface area contributed by atoms with E-state index in [0.717, 1.165) is 59.6 Å². The number of hydrogen-bond acceptors (Lipinski definition) is 7. The van der Waals surface area contributed by atoms with E-state index in [0.29, 0.717) is 25.3 Å². The monoisotopic (exact) mass is 409 g/mol. The van der Waals surface area contributed by atoms with Crippen molar-refractivity contribution in [3.63, 3.8) is 0 Å². The van der Waals surface area contributed by atoms with E-state index in [-0.39, 0.29) is 5.91 Å². The fourth-order valence-corrected chi connectivity index (χ4v) is 3.74. The van der Waals surface area contributed by atoms with Crippen molar-refractivity contribution in [2.45, 2.75) is 40.5 Å². The van der Waals surface area contributed by atoms with Gasteiger partial charge in [-0.15, -0.1) is 0 Å². The standard InChI is InChI=1S/C22H27N5O3/c1-5-20-23-14(2)12-21(24-20)26-8-10-27(11-9-26)22(28)19-7-6-17(29-19)13-18-15(3)25-30-16(18)4/h6-7,12H,5,8-11,13H2,1-4H3. The molecule has 1 fully saturated rings. The molecular weight excluding hydrogens is 382 g/mol. The second-order valence-corrected chi connectivity index (χ2v) is 7.66. The molecule has 0 unspecified atom stereocenters. The summed E-state index contributed by atoms with van der Waals surface area (Å²) >= 11 is 0. The van der Waals surface area contributed by atoms with Crippen LogP contribution in [0.2, 0.25) is 0 Å². The Bertz CT molecular complexity index is 1030. The van der Waals surface area contributed by atoms with Gasteiger partial charge in [0.2, 0.25) is 0 Å².